The molecule has 0 spiro atoms. The summed E-state index contributed by atoms with van der Waals surface area (Å²) >= 11 is 7.12. The Morgan fingerprint density at radius 2 is 2.22 bits per heavy atom. The molecule has 0 atom stereocenters. The molecule has 8 heteroatoms. The number of rotatable bonds is 6. The largest absolute Gasteiger partial charge is 0.467 e. The van der Waals surface area contributed by atoms with Crippen molar-refractivity contribution in [2.45, 2.75) is 25.4 Å². The van der Waals surface area contributed by atoms with Crippen molar-refractivity contribution in [3.8, 4) is 6.07 Å². The number of thioether (sulfide) groups is 1. The summed E-state index contributed by atoms with van der Waals surface area (Å²) in [6, 6.07) is 9.34. The molecule has 6 nitrogen and oxygen atoms in total. The molecule has 3 heterocycles. The number of hydrogen-bond donors (Lipinski definition) is 1. The number of aromatic nitrogens is 2. The van der Waals surface area contributed by atoms with E-state index in [-0.39, 0.29) is 11.7 Å². The van der Waals surface area contributed by atoms with E-state index in [1.807, 2.05) is 24.5 Å². The molecule has 1 N–H and O–H groups in total. The first-order chi connectivity index (χ1) is 13.0. The highest BCUT2D eigenvalue weighted by molar-refractivity contribution is 7.99. The fourth-order valence-electron chi connectivity index (χ4n) is 2.64. The minimum Gasteiger partial charge on any atom is -0.467 e. The van der Waals surface area contributed by atoms with Crippen LogP contribution in [0, 0.1) is 25.2 Å². The smallest absolute Gasteiger partial charge is 0.235 e. The number of furan rings is 1. The maximum atomic E-state index is 12.5. The van der Waals surface area contributed by atoms with Crippen molar-refractivity contribution in [1.29, 1.82) is 5.26 Å². The van der Waals surface area contributed by atoms with Gasteiger partial charge in [-0.1, -0.05) is 23.4 Å². The van der Waals surface area contributed by atoms with Gasteiger partial charge in [-0.05, 0) is 43.7 Å². The van der Waals surface area contributed by atoms with Crippen molar-refractivity contribution < 1.29 is 9.21 Å². The molecule has 3 aromatic heterocycles. The topological polar surface area (TPSA) is 83.9 Å². The summed E-state index contributed by atoms with van der Waals surface area (Å²) in [5.74, 6) is 1.18. The van der Waals surface area contributed by atoms with Crippen molar-refractivity contribution in [2.24, 2.45) is 0 Å². The van der Waals surface area contributed by atoms with E-state index in [1.165, 1.54) is 18.0 Å². The molecule has 0 aliphatic carbocycles. The lowest BCUT2D eigenvalue weighted by atomic mass is 10.2. The molecule has 0 bridgehead atoms. The van der Waals surface area contributed by atoms with Crippen LogP contribution in [0.15, 0.2) is 46.2 Å². The first kappa shape index (κ1) is 19.1. The van der Waals surface area contributed by atoms with E-state index in [0.717, 1.165) is 17.0 Å². The summed E-state index contributed by atoms with van der Waals surface area (Å²) < 4.78 is 7.30. The molecule has 0 aromatic carbocycles. The van der Waals surface area contributed by atoms with Gasteiger partial charge in [0.15, 0.2) is 0 Å². The zero-order chi connectivity index (χ0) is 19.4. The molecule has 1 amide bonds. The number of nitrogens with one attached hydrogen (secondary N) is 1. The Bertz CT molecular complexity index is 988. The molecule has 0 fully saturated rings. The van der Waals surface area contributed by atoms with Crippen molar-refractivity contribution in [3.05, 3.63) is 64.3 Å². The van der Waals surface area contributed by atoms with Crippen LogP contribution in [-0.2, 0) is 11.3 Å². The zero-order valence-electron chi connectivity index (χ0n) is 14.8. The molecular weight excluding hydrogens is 384 g/mol. The normalized spacial score (nSPS) is 10.6. The van der Waals surface area contributed by atoms with Crippen molar-refractivity contribution in [3.63, 3.8) is 0 Å². The van der Waals surface area contributed by atoms with Gasteiger partial charge in [0.05, 0.1) is 34.2 Å². The van der Waals surface area contributed by atoms with Crippen LogP contribution in [0.3, 0.4) is 0 Å². The number of anilines is 1. The summed E-state index contributed by atoms with van der Waals surface area (Å²) in [5, 5.41) is 13.7. The van der Waals surface area contributed by atoms with Crippen LogP contribution < -0.4 is 5.32 Å². The van der Waals surface area contributed by atoms with Gasteiger partial charge < -0.3 is 14.3 Å². The number of hydrogen-bond acceptors (Lipinski definition) is 5. The van der Waals surface area contributed by atoms with E-state index in [9.17, 15) is 10.1 Å². The minimum absolute atomic E-state index is 0.170. The average Bonchev–Trinajstić information content (AvgIpc) is 3.24. The highest BCUT2D eigenvalue weighted by Crippen LogP contribution is 2.28. The number of carbonyl (C=O) groups is 1. The molecule has 0 radical (unpaired) electrons. The lowest BCUT2D eigenvalue weighted by Gasteiger charge is -2.12. The first-order valence-corrected chi connectivity index (χ1v) is 9.52. The third kappa shape index (κ3) is 4.35. The van der Waals surface area contributed by atoms with Crippen LogP contribution in [-0.4, -0.2) is 21.2 Å². The Hall–Kier alpha value is -2.69. The van der Waals surface area contributed by atoms with E-state index in [2.05, 4.69) is 16.4 Å². The number of amides is 1. The Labute approximate surface area is 166 Å². The molecule has 0 saturated heterocycles. The van der Waals surface area contributed by atoms with Gasteiger partial charge in [0.25, 0.3) is 0 Å². The Morgan fingerprint density at radius 3 is 2.85 bits per heavy atom. The fraction of sp³-hybridized carbons (Fsp3) is 0.211. The maximum absolute atomic E-state index is 12.5. The van der Waals surface area contributed by atoms with Crippen LogP contribution in [0.4, 0.5) is 5.82 Å². The quantitative estimate of drug-likeness (QED) is 0.620. The molecule has 3 rings (SSSR count). The second-order valence-electron chi connectivity index (χ2n) is 5.86. The predicted molar refractivity (Wildman–Crippen MR) is 105 cm³/mol. The van der Waals surface area contributed by atoms with Gasteiger partial charge in [-0.15, -0.1) is 0 Å². The SMILES string of the molecule is Cc1c(C#N)c(NC(=O)CSc2ccc(Cl)cn2)n(Cc2ccco2)c1C. The monoisotopic (exact) mass is 400 g/mol. The second-order valence-corrected chi connectivity index (χ2v) is 7.29. The molecule has 138 valence electrons. The first-order valence-electron chi connectivity index (χ1n) is 8.16. The summed E-state index contributed by atoms with van der Waals surface area (Å²) in [7, 11) is 0. The summed E-state index contributed by atoms with van der Waals surface area (Å²) in [6.07, 6.45) is 3.14. The Kier molecular flexibility index (Phi) is 5.89. The zero-order valence-corrected chi connectivity index (χ0v) is 16.4. The van der Waals surface area contributed by atoms with E-state index >= 15 is 0 Å². The van der Waals surface area contributed by atoms with E-state index in [1.54, 1.807) is 24.5 Å². The van der Waals surface area contributed by atoms with Gasteiger partial charge in [0.2, 0.25) is 5.91 Å². The summed E-state index contributed by atoms with van der Waals surface area (Å²) in [4.78, 5) is 16.6. The maximum Gasteiger partial charge on any atom is 0.235 e. The minimum atomic E-state index is -0.216. The van der Waals surface area contributed by atoms with Gasteiger partial charge >= 0.3 is 0 Å². The van der Waals surface area contributed by atoms with E-state index < -0.39 is 0 Å². The van der Waals surface area contributed by atoms with Crippen LogP contribution >= 0.6 is 23.4 Å². The molecule has 0 saturated carbocycles. The van der Waals surface area contributed by atoms with Crippen LogP contribution in [0.1, 0.15) is 22.6 Å². The van der Waals surface area contributed by atoms with Crippen LogP contribution in [0.2, 0.25) is 5.02 Å². The van der Waals surface area contributed by atoms with E-state index in [4.69, 9.17) is 16.0 Å². The van der Waals surface area contributed by atoms with Crippen molar-refractivity contribution in [2.75, 3.05) is 11.1 Å². The average molecular weight is 401 g/mol. The van der Waals surface area contributed by atoms with Gasteiger partial charge in [0.1, 0.15) is 17.6 Å². The molecule has 0 unspecified atom stereocenters. The van der Waals surface area contributed by atoms with Crippen molar-refractivity contribution in [1.82, 2.24) is 9.55 Å². The number of carbonyl (C=O) groups excluding carboxylic acids is 1. The third-order valence-corrected chi connectivity index (χ3v) is 5.31. The van der Waals surface area contributed by atoms with Gasteiger partial charge in [-0.2, -0.15) is 5.26 Å². The van der Waals surface area contributed by atoms with Gasteiger partial charge in [-0.25, -0.2) is 4.98 Å². The third-order valence-electron chi connectivity index (χ3n) is 4.14. The van der Waals surface area contributed by atoms with Crippen molar-refractivity contribution >= 4 is 35.1 Å². The highest BCUT2D eigenvalue weighted by atomic mass is 35.5. The standard InChI is InChI=1S/C19H17ClN4O2S/c1-12-13(2)24(10-15-4-3-7-26-15)19(16(12)8-21)23-17(25)11-27-18-6-5-14(20)9-22-18/h3-7,9H,10-11H2,1-2H3,(H,23,25). The summed E-state index contributed by atoms with van der Waals surface area (Å²) in [6.45, 7) is 4.22. The number of pyridine rings is 1. The fourth-order valence-corrected chi connectivity index (χ4v) is 3.40. The summed E-state index contributed by atoms with van der Waals surface area (Å²) in [5.41, 5.74) is 2.21. The highest BCUT2D eigenvalue weighted by Gasteiger charge is 2.20. The molecule has 0 aliphatic rings. The molecular formula is C19H17ClN4O2S. The Morgan fingerprint density at radius 1 is 1.41 bits per heavy atom. The number of halogens is 1. The van der Waals surface area contributed by atoms with Gasteiger partial charge in [0, 0.05) is 11.9 Å². The molecule has 27 heavy (non-hydrogen) atoms. The lowest BCUT2D eigenvalue weighted by Crippen LogP contribution is -2.18. The molecule has 0 aliphatic heterocycles. The van der Waals surface area contributed by atoms with Gasteiger partial charge in [-0.3, -0.25) is 4.79 Å². The second kappa shape index (κ2) is 8.33. The predicted octanol–water partition coefficient (Wildman–Crippen LogP) is 4.40. The van der Waals surface area contributed by atoms with Crippen LogP contribution in [0.25, 0.3) is 0 Å². The Balaban J connectivity index is 1.78. The van der Waals surface area contributed by atoms with E-state index in [0.29, 0.717) is 28.0 Å². The lowest BCUT2D eigenvalue weighted by molar-refractivity contribution is -0.113. The molecule has 3 aromatic rings. The number of nitriles is 1. The number of nitrogens with zero attached hydrogens (tertiary/aromatic N) is 3. The van der Waals surface area contributed by atoms with Crippen LogP contribution in [0.5, 0.6) is 0 Å².